The highest BCUT2D eigenvalue weighted by atomic mass is 16.1. The van der Waals surface area contributed by atoms with Crippen LogP contribution < -0.4 is 5.32 Å². The summed E-state index contributed by atoms with van der Waals surface area (Å²) in [6.45, 7) is 14.6. The zero-order valence-corrected chi connectivity index (χ0v) is 16.4. The number of benzene rings is 1. The predicted molar refractivity (Wildman–Crippen MR) is 108 cm³/mol. The Hall–Kier alpha value is -2.09. The van der Waals surface area contributed by atoms with E-state index in [9.17, 15) is 4.79 Å². The SMILES string of the molecule is C=C(CCC)C(C)NC(/C=C\C(C)C(=O)Cc1ccccc1)=C(C)C. The zero-order chi connectivity index (χ0) is 18.8. The van der Waals surface area contributed by atoms with Crippen LogP contribution >= 0.6 is 0 Å². The van der Waals surface area contributed by atoms with Gasteiger partial charge in [0.1, 0.15) is 5.78 Å². The maximum Gasteiger partial charge on any atom is 0.143 e. The number of hydrogen-bond acceptors (Lipinski definition) is 2. The van der Waals surface area contributed by atoms with Crippen molar-refractivity contribution in [1.82, 2.24) is 5.32 Å². The van der Waals surface area contributed by atoms with Crippen molar-refractivity contribution in [3.8, 4) is 0 Å². The Labute approximate surface area is 153 Å². The molecule has 0 fully saturated rings. The van der Waals surface area contributed by atoms with Crippen LogP contribution in [0.2, 0.25) is 0 Å². The molecule has 1 rings (SSSR count). The summed E-state index contributed by atoms with van der Waals surface area (Å²) in [5.41, 5.74) is 4.56. The molecule has 25 heavy (non-hydrogen) atoms. The third kappa shape index (κ3) is 7.55. The van der Waals surface area contributed by atoms with Gasteiger partial charge in [0.25, 0.3) is 0 Å². The lowest BCUT2D eigenvalue weighted by molar-refractivity contribution is -0.120. The quantitative estimate of drug-likeness (QED) is 0.443. The fraction of sp³-hybridized carbons (Fsp3) is 0.435. The Balaban J connectivity index is 2.69. The highest BCUT2D eigenvalue weighted by molar-refractivity contribution is 5.84. The van der Waals surface area contributed by atoms with Gasteiger partial charge in [-0.05, 0) is 38.8 Å². The van der Waals surface area contributed by atoms with Gasteiger partial charge in [0.15, 0.2) is 0 Å². The van der Waals surface area contributed by atoms with E-state index in [1.165, 1.54) is 11.1 Å². The molecule has 2 unspecified atom stereocenters. The Bertz CT molecular complexity index is 621. The Morgan fingerprint density at radius 2 is 1.84 bits per heavy atom. The molecule has 1 N–H and O–H groups in total. The summed E-state index contributed by atoms with van der Waals surface area (Å²) >= 11 is 0. The number of rotatable bonds is 10. The molecule has 0 amide bonds. The van der Waals surface area contributed by atoms with Crippen LogP contribution in [0, 0.1) is 5.92 Å². The number of allylic oxidation sites excluding steroid dienone is 3. The normalized spacial score (nSPS) is 13.3. The van der Waals surface area contributed by atoms with Gasteiger partial charge in [0.05, 0.1) is 0 Å². The van der Waals surface area contributed by atoms with E-state index in [1.807, 2.05) is 49.4 Å². The van der Waals surface area contributed by atoms with Crippen molar-refractivity contribution >= 4 is 5.78 Å². The first-order valence-electron chi connectivity index (χ1n) is 9.21. The van der Waals surface area contributed by atoms with Gasteiger partial charge >= 0.3 is 0 Å². The summed E-state index contributed by atoms with van der Waals surface area (Å²) in [6, 6.07) is 10.1. The molecule has 1 aromatic carbocycles. The van der Waals surface area contributed by atoms with Crippen LogP contribution in [0.25, 0.3) is 0 Å². The molecule has 0 saturated carbocycles. The first kappa shape index (κ1) is 21.0. The second kappa shape index (κ2) is 10.7. The van der Waals surface area contributed by atoms with Crippen LogP contribution in [0.5, 0.6) is 0 Å². The van der Waals surface area contributed by atoms with E-state index in [-0.39, 0.29) is 17.7 Å². The molecular weight excluding hydrogens is 306 g/mol. The largest absolute Gasteiger partial charge is 0.379 e. The molecule has 0 heterocycles. The van der Waals surface area contributed by atoms with Crippen molar-refractivity contribution in [2.45, 2.75) is 59.9 Å². The zero-order valence-electron chi connectivity index (χ0n) is 16.4. The molecule has 0 aliphatic rings. The summed E-state index contributed by atoms with van der Waals surface area (Å²) in [4.78, 5) is 12.4. The minimum Gasteiger partial charge on any atom is -0.379 e. The maximum absolute atomic E-state index is 12.4. The first-order valence-corrected chi connectivity index (χ1v) is 9.21. The van der Waals surface area contributed by atoms with Gasteiger partial charge in [-0.15, -0.1) is 0 Å². The van der Waals surface area contributed by atoms with Gasteiger partial charge in [0.2, 0.25) is 0 Å². The highest BCUT2D eigenvalue weighted by Crippen LogP contribution is 2.13. The van der Waals surface area contributed by atoms with Crippen molar-refractivity contribution in [3.63, 3.8) is 0 Å². The third-order valence-corrected chi connectivity index (χ3v) is 4.37. The monoisotopic (exact) mass is 339 g/mol. The highest BCUT2D eigenvalue weighted by Gasteiger charge is 2.11. The number of carbonyl (C=O) groups is 1. The fourth-order valence-corrected chi connectivity index (χ4v) is 2.54. The third-order valence-electron chi connectivity index (χ3n) is 4.37. The summed E-state index contributed by atoms with van der Waals surface area (Å²) < 4.78 is 0. The van der Waals surface area contributed by atoms with Crippen molar-refractivity contribution < 1.29 is 4.79 Å². The standard InChI is InChI=1S/C23H33NO/c1-7-11-18(4)20(6)24-22(17(2)3)15-14-19(5)23(25)16-21-12-9-8-10-13-21/h8-10,12-15,19-20,24H,4,7,11,16H2,1-3,5-6H3/b15-14-. The summed E-state index contributed by atoms with van der Waals surface area (Å²) in [5, 5.41) is 3.53. The second-order valence-electron chi connectivity index (χ2n) is 6.96. The topological polar surface area (TPSA) is 29.1 Å². The van der Waals surface area contributed by atoms with Crippen LogP contribution in [-0.4, -0.2) is 11.8 Å². The smallest absolute Gasteiger partial charge is 0.143 e. The molecule has 2 atom stereocenters. The van der Waals surface area contributed by atoms with Gasteiger partial charge < -0.3 is 5.32 Å². The number of ketones is 1. The molecule has 136 valence electrons. The summed E-state index contributed by atoms with van der Waals surface area (Å²) in [5.74, 6) is 0.129. The minimum atomic E-state index is -0.106. The van der Waals surface area contributed by atoms with Gasteiger partial charge in [-0.2, -0.15) is 0 Å². The van der Waals surface area contributed by atoms with E-state index in [0.29, 0.717) is 6.42 Å². The van der Waals surface area contributed by atoms with Crippen LogP contribution in [-0.2, 0) is 11.2 Å². The van der Waals surface area contributed by atoms with Gasteiger partial charge in [0, 0.05) is 24.1 Å². The lowest BCUT2D eigenvalue weighted by Crippen LogP contribution is -2.27. The Kier molecular flexibility index (Phi) is 8.98. The maximum atomic E-state index is 12.4. The van der Waals surface area contributed by atoms with E-state index in [4.69, 9.17) is 0 Å². The van der Waals surface area contributed by atoms with Crippen molar-refractivity contribution in [3.05, 3.63) is 71.5 Å². The Morgan fingerprint density at radius 3 is 2.40 bits per heavy atom. The van der Waals surface area contributed by atoms with Crippen LogP contribution in [0.1, 0.15) is 53.0 Å². The first-order chi connectivity index (χ1) is 11.8. The van der Waals surface area contributed by atoms with Crippen LogP contribution in [0.4, 0.5) is 0 Å². The van der Waals surface area contributed by atoms with E-state index in [0.717, 1.165) is 24.1 Å². The molecule has 2 heteroatoms. The van der Waals surface area contributed by atoms with E-state index < -0.39 is 0 Å². The van der Waals surface area contributed by atoms with E-state index in [1.54, 1.807) is 0 Å². The van der Waals surface area contributed by atoms with Gasteiger partial charge in [-0.25, -0.2) is 0 Å². The lowest BCUT2D eigenvalue weighted by Gasteiger charge is -2.20. The molecule has 0 saturated heterocycles. The van der Waals surface area contributed by atoms with E-state index >= 15 is 0 Å². The number of Topliss-reactive ketones (excluding diaryl/α,β-unsaturated/α-hetero) is 1. The average Bonchev–Trinajstić information content (AvgIpc) is 2.58. The lowest BCUT2D eigenvalue weighted by atomic mass is 9.98. The number of nitrogens with one attached hydrogen (secondary N) is 1. The van der Waals surface area contributed by atoms with Crippen molar-refractivity contribution in [2.24, 2.45) is 5.92 Å². The molecule has 0 bridgehead atoms. The van der Waals surface area contributed by atoms with Gasteiger partial charge in [-0.1, -0.05) is 74.4 Å². The molecule has 0 spiro atoms. The Morgan fingerprint density at radius 1 is 1.20 bits per heavy atom. The predicted octanol–water partition coefficient (Wildman–Crippen LogP) is 5.62. The second-order valence-corrected chi connectivity index (χ2v) is 6.96. The summed E-state index contributed by atoms with van der Waals surface area (Å²) in [7, 11) is 0. The molecule has 0 radical (unpaired) electrons. The molecular formula is C23H33NO. The molecule has 2 nitrogen and oxygen atoms in total. The van der Waals surface area contributed by atoms with E-state index in [2.05, 4.69) is 39.6 Å². The van der Waals surface area contributed by atoms with Gasteiger partial charge in [-0.3, -0.25) is 4.79 Å². The number of carbonyl (C=O) groups excluding carboxylic acids is 1. The minimum absolute atomic E-state index is 0.106. The number of hydrogen-bond donors (Lipinski definition) is 1. The molecule has 0 aliphatic heterocycles. The molecule has 1 aromatic rings. The van der Waals surface area contributed by atoms with Crippen LogP contribution in [0.3, 0.4) is 0 Å². The fourth-order valence-electron chi connectivity index (χ4n) is 2.54. The molecule has 0 aliphatic carbocycles. The van der Waals surface area contributed by atoms with Crippen LogP contribution in [0.15, 0.2) is 65.9 Å². The molecule has 0 aromatic heterocycles. The average molecular weight is 340 g/mol. The van der Waals surface area contributed by atoms with Crippen molar-refractivity contribution in [1.29, 1.82) is 0 Å². The van der Waals surface area contributed by atoms with Crippen molar-refractivity contribution in [2.75, 3.05) is 0 Å². The summed E-state index contributed by atoms with van der Waals surface area (Å²) in [6.07, 6.45) is 6.65.